The molecule has 0 unspecified atom stereocenters. The molecule has 1 aromatic carbocycles. The fourth-order valence-electron chi connectivity index (χ4n) is 2.33. The first-order chi connectivity index (χ1) is 10.9. The van der Waals surface area contributed by atoms with Crippen LogP contribution in [0.2, 0.25) is 0 Å². The van der Waals surface area contributed by atoms with Crippen molar-refractivity contribution in [1.29, 1.82) is 0 Å². The Morgan fingerprint density at radius 2 is 1.91 bits per heavy atom. The van der Waals surface area contributed by atoms with Gasteiger partial charge in [0.15, 0.2) is 11.5 Å². The smallest absolute Gasteiger partial charge is 0.240 e. The number of ether oxygens (including phenoxy) is 2. The minimum absolute atomic E-state index is 0.119. The molecule has 0 bridgehead atoms. The van der Waals surface area contributed by atoms with Crippen molar-refractivity contribution in [2.24, 2.45) is 0 Å². The SMILES string of the molecule is Cc1cc2c(cc1S(=O)(=O)NCCc1nc(C)c(C)s1)OCO2. The van der Waals surface area contributed by atoms with Crippen molar-refractivity contribution < 1.29 is 17.9 Å². The second-order valence-corrected chi connectivity index (χ2v) is 8.39. The van der Waals surface area contributed by atoms with Gasteiger partial charge >= 0.3 is 0 Å². The Kier molecular flexibility index (Phi) is 4.31. The Hall–Kier alpha value is -1.64. The van der Waals surface area contributed by atoms with Crippen LogP contribution in [0, 0.1) is 20.8 Å². The number of rotatable bonds is 5. The van der Waals surface area contributed by atoms with Crippen molar-refractivity contribution in [3.05, 3.63) is 33.3 Å². The Balaban J connectivity index is 1.72. The van der Waals surface area contributed by atoms with E-state index < -0.39 is 10.0 Å². The topological polar surface area (TPSA) is 77.5 Å². The number of sulfonamides is 1. The predicted molar refractivity (Wildman–Crippen MR) is 87.8 cm³/mol. The summed E-state index contributed by atoms with van der Waals surface area (Å²) >= 11 is 1.60. The van der Waals surface area contributed by atoms with E-state index in [-0.39, 0.29) is 11.7 Å². The van der Waals surface area contributed by atoms with E-state index in [1.54, 1.807) is 24.3 Å². The summed E-state index contributed by atoms with van der Waals surface area (Å²) < 4.78 is 38.1. The third-order valence-corrected chi connectivity index (χ3v) is 6.40. The van der Waals surface area contributed by atoms with Crippen molar-refractivity contribution in [3.63, 3.8) is 0 Å². The molecule has 2 heterocycles. The number of nitrogens with one attached hydrogen (secondary N) is 1. The van der Waals surface area contributed by atoms with E-state index in [1.165, 1.54) is 6.07 Å². The highest BCUT2D eigenvalue weighted by atomic mass is 32.2. The molecule has 6 nitrogen and oxygen atoms in total. The fraction of sp³-hybridized carbons (Fsp3) is 0.400. The van der Waals surface area contributed by atoms with Gasteiger partial charge in [-0.3, -0.25) is 0 Å². The Morgan fingerprint density at radius 1 is 1.22 bits per heavy atom. The lowest BCUT2D eigenvalue weighted by Crippen LogP contribution is -2.26. The average Bonchev–Trinajstić information content (AvgIpc) is 3.04. The normalized spacial score (nSPS) is 13.5. The van der Waals surface area contributed by atoms with Crippen LogP contribution in [0.25, 0.3) is 0 Å². The maximum Gasteiger partial charge on any atom is 0.240 e. The van der Waals surface area contributed by atoms with E-state index in [0.717, 1.165) is 15.6 Å². The molecule has 8 heteroatoms. The van der Waals surface area contributed by atoms with E-state index in [2.05, 4.69) is 9.71 Å². The lowest BCUT2D eigenvalue weighted by Gasteiger charge is -2.09. The molecule has 1 N–H and O–H groups in total. The minimum atomic E-state index is -3.59. The highest BCUT2D eigenvalue weighted by Crippen LogP contribution is 2.36. The maximum atomic E-state index is 12.5. The van der Waals surface area contributed by atoms with Crippen LogP contribution in [-0.4, -0.2) is 26.7 Å². The van der Waals surface area contributed by atoms with Gasteiger partial charge in [-0.1, -0.05) is 0 Å². The quantitative estimate of drug-likeness (QED) is 0.892. The van der Waals surface area contributed by atoms with Crippen molar-refractivity contribution in [3.8, 4) is 11.5 Å². The molecule has 0 spiro atoms. The van der Waals surface area contributed by atoms with Crippen LogP contribution in [0.3, 0.4) is 0 Å². The second-order valence-electron chi connectivity index (χ2n) is 5.37. The van der Waals surface area contributed by atoms with E-state index in [4.69, 9.17) is 9.47 Å². The third-order valence-electron chi connectivity index (χ3n) is 3.66. The number of nitrogens with zero attached hydrogens (tertiary/aromatic N) is 1. The van der Waals surface area contributed by atoms with Gasteiger partial charge in [-0.05, 0) is 32.4 Å². The molecule has 0 fully saturated rings. The number of aromatic nitrogens is 1. The van der Waals surface area contributed by atoms with Crippen LogP contribution in [0.15, 0.2) is 17.0 Å². The van der Waals surface area contributed by atoms with Crippen LogP contribution >= 0.6 is 11.3 Å². The summed E-state index contributed by atoms with van der Waals surface area (Å²) in [5.74, 6) is 1.04. The van der Waals surface area contributed by atoms with E-state index in [0.29, 0.717) is 30.0 Å². The largest absolute Gasteiger partial charge is 0.454 e. The van der Waals surface area contributed by atoms with E-state index in [9.17, 15) is 8.42 Å². The summed E-state index contributed by atoms with van der Waals surface area (Å²) in [5.41, 5.74) is 1.63. The maximum absolute atomic E-state index is 12.5. The first kappa shape index (κ1) is 16.2. The average molecular weight is 354 g/mol. The Labute approximate surface area is 139 Å². The van der Waals surface area contributed by atoms with Crippen LogP contribution in [-0.2, 0) is 16.4 Å². The van der Waals surface area contributed by atoms with Gasteiger partial charge in [-0.25, -0.2) is 18.1 Å². The first-order valence-electron chi connectivity index (χ1n) is 7.19. The summed E-state index contributed by atoms with van der Waals surface area (Å²) in [4.78, 5) is 5.79. The monoisotopic (exact) mass is 354 g/mol. The number of aryl methyl sites for hydroxylation is 3. The van der Waals surface area contributed by atoms with Gasteiger partial charge in [0.05, 0.1) is 15.6 Å². The molecule has 0 saturated carbocycles. The van der Waals surface area contributed by atoms with Gasteiger partial charge in [-0.2, -0.15) is 0 Å². The molecule has 0 radical (unpaired) electrons. The molecule has 1 aromatic heterocycles. The highest BCUT2D eigenvalue weighted by Gasteiger charge is 2.23. The van der Waals surface area contributed by atoms with Gasteiger partial charge in [0.2, 0.25) is 16.8 Å². The Morgan fingerprint density at radius 3 is 2.57 bits per heavy atom. The number of hydrogen-bond donors (Lipinski definition) is 1. The van der Waals surface area contributed by atoms with Gasteiger partial charge < -0.3 is 9.47 Å². The molecule has 2 aromatic rings. The summed E-state index contributed by atoms with van der Waals surface area (Å²) in [6, 6.07) is 3.20. The third kappa shape index (κ3) is 3.34. The zero-order valence-electron chi connectivity index (χ0n) is 13.2. The first-order valence-corrected chi connectivity index (χ1v) is 9.49. The molecule has 0 amide bonds. The molecule has 0 saturated heterocycles. The molecule has 23 heavy (non-hydrogen) atoms. The molecule has 1 aliphatic rings. The van der Waals surface area contributed by atoms with Gasteiger partial charge in [0.25, 0.3) is 0 Å². The standard InChI is InChI=1S/C15H18N2O4S2/c1-9-6-12-13(21-8-20-12)7-14(9)23(18,19)16-5-4-15-17-10(2)11(3)22-15/h6-7,16H,4-5,8H2,1-3H3. The van der Waals surface area contributed by atoms with Crippen LogP contribution in [0.4, 0.5) is 0 Å². The molecular formula is C15H18N2O4S2. The number of benzene rings is 1. The van der Waals surface area contributed by atoms with Crippen molar-refractivity contribution >= 4 is 21.4 Å². The molecule has 0 aliphatic carbocycles. The highest BCUT2D eigenvalue weighted by molar-refractivity contribution is 7.89. The number of thiazole rings is 1. The van der Waals surface area contributed by atoms with Crippen LogP contribution in [0.1, 0.15) is 21.1 Å². The lowest BCUT2D eigenvalue weighted by atomic mass is 10.2. The van der Waals surface area contributed by atoms with Crippen molar-refractivity contribution in [1.82, 2.24) is 9.71 Å². The predicted octanol–water partition coefficient (Wildman–Crippen LogP) is 2.32. The summed E-state index contributed by atoms with van der Waals surface area (Å²) in [5, 5.41) is 0.935. The fourth-order valence-corrected chi connectivity index (χ4v) is 4.54. The molecule has 124 valence electrons. The van der Waals surface area contributed by atoms with E-state index >= 15 is 0 Å². The summed E-state index contributed by atoms with van der Waals surface area (Å²) in [6.45, 7) is 6.13. The number of fused-ring (bicyclic) bond motifs is 1. The zero-order valence-corrected chi connectivity index (χ0v) is 14.8. The molecular weight excluding hydrogens is 336 g/mol. The molecule has 1 aliphatic heterocycles. The minimum Gasteiger partial charge on any atom is -0.454 e. The van der Waals surface area contributed by atoms with E-state index in [1.807, 2.05) is 13.8 Å². The zero-order chi connectivity index (χ0) is 16.6. The van der Waals surface area contributed by atoms with Crippen molar-refractivity contribution in [2.45, 2.75) is 32.1 Å². The lowest BCUT2D eigenvalue weighted by molar-refractivity contribution is 0.174. The van der Waals surface area contributed by atoms with Crippen molar-refractivity contribution in [2.75, 3.05) is 13.3 Å². The molecule has 0 atom stereocenters. The van der Waals surface area contributed by atoms with Gasteiger partial charge in [-0.15, -0.1) is 11.3 Å². The summed E-state index contributed by atoms with van der Waals surface area (Å²) in [7, 11) is -3.59. The second kappa shape index (κ2) is 6.10. The summed E-state index contributed by atoms with van der Waals surface area (Å²) in [6.07, 6.45) is 0.572. The van der Waals surface area contributed by atoms with Gasteiger partial charge in [0, 0.05) is 23.9 Å². The number of hydrogen-bond acceptors (Lipinski definition) is 6. The van der Waals surface area contributed by atoms with Crippen LogP contribution < -0.4 is 14.2 Å². The molecule has 3 rings (SSSR count). The van der Waals surface area contributed by atoms with Gasteiger partial charge in [0.1, 0.15) is 0 Å². The van der Waals surface area contributed by atoms with Crippen LogP contribution in [0.5, 0.6) is 11.5 Å². The Bertz CT molecular complexity index is 824.